The van der Waals surface area contributed by atoms with Crippen molar-refractivity contribution in [3.63, 3.8) is 0 Å². The number of nitro benzene ring substituents is 1. The van der Waals surface area contributed by atoms with Crippen LogP contribution in [-0.4, -0.2) is 59.2 Å². The van der Waals surface area contributed by atoms with Crippen LogP contribution in [0.5, 0.6) is 0 Å². The quantitative estimate of drug-likeness (QED) is 0.294. The third-order valence-electron chi connectivity index (χ3n) is 4.78. The van der Waals surface area contributed by atoms with Crippen molar-refractivity contribution < 1.29 is 24.2 Å². The Balaban J connectivity index is 1.89. The summed E-state index contributed by atoms with van der Waals surface area (Å²) in [5.74, 6) is -0.340. The van der Waals surface area contributed by atoms with Gasteiger partial charge in [-0.25, -0.2) is 4.63 Å². The summed E-state index contributed by atoms with van der Waals surface area (Å²) in [5.41, 5.74) is 1.13. The van der Waals surface area contributed by atoms with E-state index >= 15 is 0 Å². The van der Waals surface area contributed by atoms with Gasteiger partial charge in [-0.1, -0.05) is 0 Å². The van der Waals surface area contributed by atoms with E-state index in [-0.39, 0.29) is 29.7 Å². The topological polar surface area (TPSA) is 144 Å². The zero-order chi connectivity index (χ0) is 20.1. The number of fused-ring (bicyclic) bond motifs is 1. The fraction of sp³-hybridized carbons (Fsp3) is 0.588. The van der Waals surface area contributed by atoms with E-state index in [1.54, 1.807) is 13.0 Å². The molecule has 0 radical (unpaired) electrons. The Morgan fingerprint density at radius 2 is 2.14 bits per heavy atom. The predicted octanol–water partition coefficient (Wildman–Crippen LogP) is 1.70. The number of rotatable bonds is 8. The summed E-state index contributed by atoms with van der Waals surface area (Å²) in [5, 5.41) is 31.1. The third-order valence-corrected chi connectivity index (χ3v) is 4.78. The maximum absolute atomic E-state index is 11.9. The maximum atomic E-state index is 11.9. The highest BCUT2D eigenvalue weighted by Gasteiger charge is 2.31. The van der Waals surface area contributed by atoms with Gasteiger partial charge in [0.05, 0.1) is 23.1 Å². The molecule has 1 saturated heterocycles. The molecule has 1 aromatic carbocycles. The second-order valence-corrected chi connectivity index (χ2v) is 6.53. The van der Waals surface area contributed by atoms with Crippen molar-refractivity contribution in [2.45, 2.75) is 26.2 Å². The number of ether oxygens (including phenoxy) is 1. The number of nitrogens with zero attached hydrogens (tertiary/aromatic N) is 4. The van der Waals surface area contributed by atoms with E-state index < -0.39 is 4.92 Å². The minimum Gasteiger partial charge on any atom is -0.466 e. The van der Waals surface area contributed by atoms with E-state index in [0.717, 1.165) is 0 Å². The van der Waals surface area contributed by atoms with E-state index in [4.69, 9.17) is 14.5 Å². The molecular weight excluding hydrogens is 370 g/mol. The Labute approximate surface area is 160 Å². The van der Waals surface area contributed by atoms with Crippen molar-refractivity contribution in [2.75, 3.05) is 43.1 Å². The van der Waals surface area contributed by atoms with E-state index in [9.17, 15) is 14.9 Å². The van der Waals surface area contributed by atoms with Crippen LogP contribution in [0.4, 0.5) is 17.1 Å². The summed E-state index contributed by atoms with van der Waals surface area (Å²) < 4.78 is 9.88. The number of nitro groups is 1. The van der Waals surface area contributed by atoms with Gasteiger partial charge in [0.25, 0.3) is 0 Å². The average molecular weight is 393 g/mol. The molecular formula is C17H23N5O6. The van der Waals surface area contributed by atoms with Crippen molar-refractivity contribution in [3.8, 4) is 0 Å². The summed E-state index contributed by atoms with van der Waals surface area (Å²) in [7, 11) is 0. The minimum absolute atomic E-state index is 0.0250. The molecule has 11 nitrogen and oxygen atoms in total. The second-order valence-electron chi connectivity index (χ2n) is 6.53. The van der Waals surface area contributed by atoms with Crippen molar-refractivity contribution in [3.05, 3.63) is 16.2 Å². The molecule has 2 heterocycles. The van der Waals surface area contributed by atoms with Gasteiger partial charge < -0.3 is 20.1 Å². The lowest BCUT2D eigenvalue weighted by Crippen LogP contribution is -2.37. The SMILES string of the molecule is CCOC(=O)C1CCN(c2cc(NCCCO)c([N+](=O)[O-])c3nonc23)CC1. The van der Waals surface area contributed by atoms with Gasteiger partial charge in [0.1, 0.15) is 5.69 Å². The first-order chi connectivity index (χ1) is 13.6. The Morgan fingerprint density at radius 1 is 1.43 bits per heavy atom. The number of aromatic nitrogens is 2. The van der Waals surface area contributed by atoms with Gasteiger partial charge in [-0.05, 0) is 42.6 Å². The number of hydrogen-bond acceptors (Lipinski definition) is 10. The monoisotopic (exact) mass is 393 g/mol. The highest BCUT2D eigenvalue weighted by Crippen LogP contribution is 2.39. The minimum atomic E-state index is -0.523. The summed E-state index contributed by atoms with van der Waals surface area (Å²) >= 11 is 0. The number of anilines is 2. The van der Waals surface area contributed by atoms with Crippen LogP contribution in [-0.2, 0) is 9.53 Å². The van der Waals surface area contributed by atoms with Crippen LogP contribution in [0.3, 0.4) is 0 Å². The third kappa shape index (κ3) is 3.98. The van der Waals surface area contributed by atoms with Crippen LogP contribution < -0.4 is 10.2 Å². The Morgan fingerprint density at radius 3 is 2.79 bits per heavy atom. The van der Waals surface area contributed by atoms with Gasteiger partial charge in [-0.2, -0.15) is 0 Å². The molecule has 1 aliphatic rings. The molecule has 1 fully saturated rings. The molecule has 2 N–H and O–H groups in total. The molecule has 0 aliphatic carbocycles. The van der Waals surface area contributed by atoms with Gasteiger partial charge in [-0.15, -0.1) is 0 Å². The number of nitrogens with one attached hydrogen (secondary N) is 1. The molecule has 11 heteroatoms. The van der Waals surface area contributed by atoms with Crippen LogP contribution in [0.1, 0.15) is 26.2 Å². The fourth-order valence-electron chi connectivity index (χ4n) is 3.39. The number of benzene rings is 1. The summed E-state index contributed by atoms with van der Waals surface area (Å²) in [6.07, 6.45) is 1.69. The molecule has 3 rings (SSSR count). The molecule has 152 valence electrons. The summed E-state index contributed by atoms with van der Waals surface area (Å²) in [4.78, 5) is 25.0. The highest BCUT2D eigenvalue weighted by atomic mass is 16.6. The van der Waals surface area contributed by atoms with Crippen LogP contribution in [0.15, 0.2) is 10.7 Å². The lowest BCUT2D eigenvalue weighted by atomic mass is 9.96. The summed E-state index contributed by atoms with van der Waals surface area (Å²) in [6, 6.07) is 1.66. The normalized spacial score (nSPS) is 15.0. The smallest absolute Gasteiger partial charge is 0.323 e. The molecule has 2 aromatic rings. The predicted molar refractivity (Wildman–Crippen MR) is 100 cm³/mol. The van der Waals surface area contributed by atoms with Crippen molar-refractivity contribution in [1.82, 2.24) is 10.3 Å². The number of aliphatic hydroxyl groups is 1. The van der Waals surface area contributed by atoms with E-state index in [0.29, 0.717) is 62.4 Å². The summed E-state index contributed by atoms with van der Waals surface area (Å²) in [6.45, 7) is 3.65. The molecule has 28 heavy (non-hydrogen) atoms. The second kappa shape index (κ2) is 8.83. The van der Waals surface area contributed by atoms with Crippen LogP contribution in [0, 0.1) is 16.0 Å². The zero-order valence-corrected chi connectivity index (χ0v) is 15.6. The number of aliphatic hydroxyl groups excluding tert-OH is 1. The standard InChI is InChI=1S/C17H23N5O6/c1-2-27-17(24)11-4-7-21(8-5-11)13-10-12(18-6-3-9-23)16(22(25)26)15-14(13)19-28-20-15/h10-11,18,23H,2-9H2,1H3. The Hall–Kier alpha value is -2.95. The van der Waals surface area contributed by atoms with Crippen LogP contribution in [0.2, 0.25) is 0 Å². The van der Waals surface area contributed by atoms with Crippen molar-refractivity contribution in [1.29, 1.82) is 0 Å². The van der Waals surface area contributed by atoms with Crippen LogP contribution in [0.25, 0.3) is 11.0 Å². The molecule has 0 bridgehead atoms. The molecule has 0 unspecified atom stereocenters. The lowest BCUT2D eigenvalue weighted by molar-refractivity contribution is -0.382. The molecule has 0 saturated carbocycles. The van der Waals surface area contributed by atoms with Gasteiger partial charge in [0, 0.05) is 26.2 Å². The fourth-order valence-corrected chi connectivity index (χ4v) is 3.39. The highest BCUT2D eigenvalue weighted by molar-refractivity contribution is 5.99. The number of carbonyl (C=O) groups is 1. The van der Waals surface area contributed by atoms with Crippen molar-refractivity contribution >= 4 is 34.1 Å². The van der Waals surface area contributed by atoms with Gasteiger partial charge >= 0.3 is 11.7 Å². The molecule has 0 atom stereocenters. The first kappa shape index (κ1) is 19.8. The molecule has 0 spiro atoms. The molecule has 1 aliphatic heterocycles. The van der Waals surface area contributed by atoms with Crippen molar-refractivity contribution in [2.24, 2.45) is 5.92 Å². The van der Waals surface area contributed by atoms with E-state index in [2.05, 4.69) is 15.6 Å². The first-order valence-electron chi connectivity index (χ1n) is 9.26. The Kier molecular flexibility index (Phi) is 6.24. The molecule has 0 amide bonds. The first-order valence-corrected chi connectivity index (χ1v) is 9.26. The van der Waals surface area contributed by atoms with E-state index in [1.165, 1.54) is 0 Å². The van der Waals surface area contributed by atoms with Gasteiger partial charge in [0.15, 0.2) is 5.52 Å². The lowest BCUT2D eigenvalue weighted by Gasteiger charge is -2.32. The number of esters is 1. The van der Waals surface area contributed by atoms with E-state index in [1.807, 2.05) is 4.90 Å². The number of carbonyl (C=O) groups excluding carboxylic acids is 1. The van der Waals surface area contributed by atoms with Crippen LogP contribution >= 0.6 is 0 Å². The van der Waals surface area contributed by atoms with Gasteiger partial charge in [-0.3, -0.25) is 14.9 Å². The number of piperidine rings is 1. The largest absolute Gasteiger partial charge is 0.466 e. The zero-order valence-electron chi connectivity index (χ0n) is 15.6. The molecule has 1 aromatic heterocycles. The number of hydrogen-bond donors (Lipinski definition) is 2. The maximum Gasteiger partial charge on any atom is 0.323 e. The average Bonchev–Trinajstić information content (AvgIpc) is 3.17. The van der Waals surface area contributed by atoms with Gasteiger partial charge in [0.2, 0.25) is 5.52 Å². The Bertz CT molecular complexity index is 846.